The molecule has 5 heterocycles. The van der Waals surface area contributed by atoms with Crippen LogP contribution >= 0.6 is 0 Å². The highest BCUT2D eigenvalue weighted by atomic mass is 16.5. The van der Waals surface area contributed by atoms with Gasteiger partial charge in [0.05, 0.1) is 13.2 Å². The van der Waals surface area contributed by atoms with Crippen LogP contribution in [0.1, 0.15) is 55.3 Å². The zero-order valence-corrected chi connectivity index (χ0v) is 19.0. The monoisotopic (exact) mass is 440 g/mol. The van der Waals surface area contributed by atoms with Crippen molar-refractivity contribution < 1.29 is 14.3 Å². The number of carbonyl (C=O) groups excluding carboxylic acids is 2. The molecule has 174 valence electrons. The van der Waals surface area contributed by atoms with E-state index in [1.807, 2.05) is 17.0 Å². The smallest absolute Gasteiger partial charge is 0.254 e. The lowest BCUT2D eigenvalue weighted by atomic mass is 9.69. The van der Waals surface area contributed by atoms with Crippen molar-refractivity contribution in [2.24, 2.45) is 11.8 Å². The molecule has 4 saturated heterocycles. The summed E-state index contributed by atoms with van der Waals surface area (Å²) in [5, 5.41) is 0. The van der Waals surface area contributed by atoms with Gasteiger partial charge in [0.25, 0.3) is 5.91 Å². The van der Waals surface area contributed by atoms with Gasteiger partial charge in [0.2, 0.25) is 5.91 Å². The van der Waals surface area contributed by atoms with Crippen molar-refractivity contribution in [3.8, 4) is 0 Å². The molecule has 0 aromatic carbocycles. The third kappa shape index (κ3) is 4.42. The zero-order valence-electron chi connectivity index (χ0n) is 19.0. The van der Waals surface area contributed by atoms with E-state index >= 15 is 0 Å². The number of amides is 2. The first-order valence-corrected chi connectivity index (χ1v) is 12.5. The Hall–Kier alpha value is -1.99. The quantitative estimate of drug-likeness (QED) is 0.704. The van der Waals surface area contributed by atoms with Crippen molar-refractivity contribution in [1.82, 2.24) is 19.7 Å². The van der Waals surface area contributed by atoms with Crippen LogP contribution in [0.15, 0.2) is 24.5 Å². The van der Waals surface area contributed by atoms with Gasteiger partial charge in [-0.25, -0.2) is 0 Å². The number of carbonyl (C=O) groups is 2. The van der Waals surface area contributed by atoms with Gasteiger partial charge in [0.15, 0.2) is 0 Å². The van der Waals surface area contributed by atoms with Crippen LogP contribution in [0.5, 0.6) is 0 Å². The fourth-order valence-corrected chi connectivity index (χ4v) is 6.69. The fourth-order valence-electron chi connectivity index (χ4n) is 6.69. The summed E-state index contributed by atoms with van der Waals surface area (Å²) >= 11 is 0. The van der Waals surface area contributed by atoms with Gasteiger partial charge in [-0.05, 0) is 75.6 Å². The molecule has 0 radical (unpaired) electrons. The number of piperidine rings is 3. The average Bonchev–Trinajstić information content (AvgIpc) is 2.86. The van der Waals surface area contributed by atoms with Crippen molar-refractivity contribution in [2.75, 3.05) is 45.9 Å². The molecule has 4 atom stereocenters. The second-order valence-electron chi connectivity index (χ2n) is 9.88. The summed E-state index contributed by atoms with van der Waals surface area (Å²) in [7, 11) is 0. The molecule has 32 heavy (non-hydrogen) atoms. The standard InChI is InChI=1S/C25H36N4O3/c30-23(27-14-16-32-17-15-27)7-1-6-22-21-5-3-13-28-12-2-4-20(24(21)28)18-29(22)25(31)19-8-10-26-11-9-19/h8-11,20-22,24H,1-7,12-18H2/t20-,21+,22+,24-/m0/s1. The molecule has 5 rings (SSSR count). The van der Waals surface area contributed by atoms with Crippen molar-refractivity contribution >= 4 is 11.8 Å². The molecule has 1 aromatic rings. The molecule has 7 heteroatoms. The maximum atomic E-state index is 13.6. The maximum Gasteiger partial charge on any atom is 0.254 e. The van der Waals surface area contributed by atoms with E-state index in [4.69, 9.17) is 4.74 Å². The maximum absolute atomic E-state index is 13.6. The Morgan fingerprint density at radius 2 is 1.78 bits per heavy atom. The van der Waals surface area contributed by atoms with Crippen LogP contribution in [-0.2, 0) is 9.53 Å². The van der Waals surface area contributed by atoms with Gasteiger partial charge in [-0.15, -0.1) is 0 Å². The Morgan fingerprint density at radius 1 is 1.03 bits per heavy atom. The van der Waals surface area contributed by atoms with Gasteiger partial charge in [-0.2, -0.15) is 0 Å². The molecule has 4 aliphatic rings. The van der Waals surface area contributed by atoms with Crippen molar-refractivity contribution in [3.63, 3.8) is 0 Å². The van der Waals surface area contributed by atoms with E-state index in [1.54, 1.807) is 12.4 Å². The zero-order chi connectivity index (χ0) is 21.9. The molecule has 2 amide bonds. The second-order valence-corrected chi connectivity index (χ2v) is 9.88. The lowest BCUT2D eigenvalue weighted by molar-refractivity contribution is -0.135. The normalized spacial score (nSPS) is 30.6. The molecular weight excluding hydrogens is 404 g/mol. The minimum absolute atomic E-state index is 0.137. The highest BCUT2D eigenvalue weighted by Gasteiger charge is 2.49. The molecule has 0 saturated carbocycles. The first-order chi connectivity index (χ1) is 15.7. The second kappa shape index (κ2) is 9.87. The van der Waals surface area contributed by atoms with Gasteiger partial charge >= 0.3 is 0 Å². The third-order valence-corrected chi connectivity index (χ3v) is 8.11. The van der Waals surface area contributed by atoms with Crippen LogP contribution in [-0.4, -0.2) is 89.5 Å². The highest BCUT2D eigenvalue weighted by Crippen LogP contribution is 2.43. The van der Waals surface area contributed by atoms with Crippen molar-refractivity contribution in [2.45, 2.75) is 57.0 Å². The predicted octanol–water partition coefficient (Wildman–Crippen LogP) is 2.43. The van der Waals surface area contributed by atoms with Crippen LogP contribution < -0.4 is 0 Å². The van der Waals surface area contributed by atoms with E-state index in [0.29, 0.717) is 50.6 Å². The summed E-state index contributed by atoms with van der Waals surface area (Å²) < 4.78 is 5.38. The van der Waals surface area contributed by atoms with Crippen molar-refractivity contribution in [3.05, 3.63) is 30.1 Å². The van der Waals surface area contributed by atoms with Gasteiger partial charge in [0, 0.05) is 56.1 Å². The fraction of sp³-hybridized carbons (Fsp3) is 0.720. The van der Waals surface area contributed by atoms with E-state index in [2.05, 4.69) is 14.8 Å². The Bertz CT molecular complexity index is 796. The van der Waals surface area contributed by atoms with Gasteiger partial charge in [-0.1, -0.05) is 0 Å². The summed E-state index contributed by atoms with van der Waals surface area (Å²) in [6.45, 7) is 5.96. The lowest BCUT2D eigenvalue weighted by Crippen LogP contribution is -2.65. The molecule has 7 nitrogen and oxygen atoms in total. The molecule has 0 aliphatic carbocycles. The first-order valence-electron chi connectivity index (χ1n) is 12.5. The first kappa shape index (κ1) is 21.8. The van der Waals surface area contributed by atoms with Crippen molar-refractivity contribution in [1.29, 1.82) is 0 Å². The predicted molar refractivity (Wildman–Crippen MR) is 121 cm³/mol. The number of pyridine rings is 1. The number of nitrogens with zero attached hydrogens (tertiary/aromatic N) is 4. The molecule has 4 aliphatic heterocycles. The number of likely N-dealkylation sites (tertiary alicyclic amines) is 1. The number of ether oxygens (including phenoxy) is 1. The molecule has 1 aromatic heterocycles. The molecular formula is C25H36N4O3. The Labute approximate surface area is 191 Å². The number of aromatic nitrogens is 1. The minimum atomic E-state index is 0.137. The number of hydrogen-bond donors (Lipinski definition) is 0. The number of morpholine rings is 1. The summed E-state index contributed by atoms with van der Waals surface area (Å²) in [6, 6.07) is 4.50. The summed E-state index contributed by atoms with van der Waals surface area (Å²) in [5.41, 5.74) is 0.733. The van der Waals surface area contributed by atoms with Crippen LogP contribution in [0.4, 0.5) is 0 Å². The lowest BCUT2D eigenvalue weighted by Gasteiger charge is -2.57. The molecule has 0 N–H and O–H groups in total. The largest absolute Gasteiger partial charge is 0.378 e. The molecule has 0 bridgehead atoms. The van der Waals surface area contributed by atoms with E-state index in [1.165, 1.54) is 38.8 Å². The summed E-state index contributed by atoms with van der Waals surface area (Å²) in [4.78, 5) is 37.2. The highest BCUT2D eigenvalue weighted by molar-refractivity contribution is 5.94. The van der Waals surface area contributed by atoms with E-state index in [-0.39, 0.29) is 17.9 Å². The molecule has 0 spiro atoms. The SMILES string of the molecule is O=C(CCC[C@@H]1[C@H]2CCCN3CCC[C@@H](CN1C(=O)c1ccncc1)[C@@H]23)N1CCOCC1. The number of rotatable bonds is 5. The topological polar surface area (TPSA) is 66.0 Å². The van der Waals surface area contributed by atoms with Gasteiger partial charge in [-0.3, -0.25) is 19.5 Å². The molecule has 4 fully saturated rings. The van der Waals surface area contributed by atoms with Crippen LogP contribution in [0, 0.1) is 11.8 Å². The Morgan fingerprint density at radius 3 is 2.56 bits per heavy atom. The van der Waals surface area contributed by atoms with E-state index in [0.717, 1.165) is 24.9 Å². The minimum Gasteiger partial charge on any atom is -0.378 e. The van der Waals surface area contributed by atoms with Crippen LogP contribution in [0.25, 0.3) is 0 Å². The van der Waals surface area contributed by atoms with Crippen LogP contribution in [0.2, 0.25) is 0 Å². The average molecular weight is 441 g/mol. The Balaban J connectivity index is 1.32. The van der Waals surface area contributed by atoms with Crippen LogP contribution in [0.3, 0.4) is 0 Å². The van der Waals surface area contributed by atoms with Gasteiger partial charge in [0.1, 0.15) is 0 Å². The van der Waals surface area contributed by atoms with E-state index in [9.17, 15) is 9.59 Å². The Kier molecular flexibility index (Phi) is 6.74. The van der Waals surface area contributed by atoms with Gasteiger partial charge < -0.3 is 14.5 Å². The number of hydrogen-bond acceptors (Lipinski definition) is 5. The summed E-state index contributed by atoms with van der Waals surface area (Å²) in [5.74, 6) is 1.47. The molecule has 0 unspecified atom stereocenters. The summed E-state index contributed by atoms with van der Waals surface area (Å²) in [6.07, 6.45) is 10.6. The van der Waals surface area contributed by atoms with E-state index < -0.39 is 0 Å². The third-order valence-electron chi connectivity index (χ3n) is 8.11.